The summed E-state index contributed by atoms with van der Waals surface area (Å²) < 4.78 is 0. The summed E-state index contributed by atoms with van der Waals surface area (Å²) in [5.74, 6) is 0.212. The summed E-state index contributed by atoms with van der Waals surface area (Å²) in [6.45, 7) is 2.14. The molecule has 1 N–H and O–H groups in total. The Balaban J connectivity index is 2.09. The number of amides is 1. The lowest BCUT2D eigenvalue weighted by atomic mass is 9.78. The molecule has 6 heteroatoms. The molecule has 0 aliphatic heterocycles. The number of nitrogens with one attached hydrogen (secondary N) is 1. The average Bonchev–Trinajstić information content (AvgIpc) is 2.50. The van der Waals surface area contributed by atoms with E-state index < -0.39 is 10.5 Å². The first-order chi connectivity index (χ1) is 9.96. The number of benzene rings is 1. The largest absolute Gasteiger partial charge is 0.334 e. The SMILES string of the molecule is CC1CCC(C#N)(NC(=O)c2ccc([N+](=O)[O-])cc2)CC1. The van der Waals surface area contributed by atoms with Crippen LogP contribution in [0.1, 0.15) is 43.0 Å². The van der Waals surface area contributed by atoms with E-state index in [0.717, 1.165) is 12.8 Å². The van der Waals surface area contributed by atoms with E-state index in [1.165, 1.54) is 24.3 Å². The van der Waals surface area contributed by atoms with Crippen LogP contribution in [0.5, 0.6) is 0 Å². The minimum atomic E-state index is -0.814. The van der Waals surface area contributed by atoms with Crippen LogP contribution in [-0.2, 0) is 0 Å². The number of non-ortho nitro benzene ring substituents is 1. The van der Waals surface area contributed by atoms with E-state index >= 15 is 0 Å². The van der Waals surface area contributed by atoms with Gasteiger partial charge in [-0.15, -0.1) is 0 Å². The van der Waals surface area contributed by atoms with Gasteiger partial charge in [0.05, 0.1) is 11.0 Å². The van der Waals surface area contributed by atoms with E-state index in [9.17, 15) is 20.2 Å². The maximum absolute atomic E-state index is 12.2. The van der Waals surface area contributed by atoms with Crippen LogP contribution in [-0.4, -0.2) is 16.4 Å². The molecule has 21 heavy (non-hydrogen) atoms. The number of hydrogen-bond acceptors (Lipinski definition) is 4. The molecular formula is C15H17N3O3. The van der Waals surface area contributed by atoms with Crippen LogP contribution in [0.25, 0.3) is 0 Å². The van der Waals surface area contributed by atoms with E-state index in [1.807, 2.05) is 0 Å². The van der Waals surface area contributed by atoms with Gasteiger partial charge in [0.25, 0.3) is 11.6 Å². The van der Waals surface area contributed by atoms with Crippen LogP contribution in [0, 0.1) is 27.4 Å². The van der Waals surface area contributed by atoms with Crippen LogP contribution >= 0.6 is 0 Å². The van der Waals surface area contributed by atoms with Gasteiger partial charge < -0.3 is 5.32 Å². The molecule has 0 heterocycles. The predicted molar refractivity (Wildman–Crippen MR) is 76.5 cm³/mol. The normalized spacial score (nSPS) is 24.9. The fourth-order valence-corrected chi connectivity index (χ4v) is 2.54. The topological polar surface area (TPSA) is 96.0 Å². The molecule has 0 atom stereocenters. The van der Waals surface area contributed by atoms with Crippen molar-refractivity contribution < 1.29 is 9.72 Å². The van der Waals surface area contributed by atoms with Crippen LogP contribution in [0.2, 0.25) is 0 Å². The van der Waals surface area contributed by atoms with E-state index in [-0.39, 0.29) is 11.6 Å². The zero-order valence-corrected chi connectivity index (χ0v) is 11.8. The Morgan fingerprint density at radius 1 is 1.38 bits per heavy atom. The summed E-state index contributed by atoms with van der Waals surface area (Å²) in [6, 6.07) is 7.62. The monoisotopic (exact) mass is 287 g/mol. The first-order valence-electron chi connectivity index (χ1n) is 6.94. The number of nitrogens with zero attached hydrogens (tertiary/aromatic N) is 2. The number of rotatable bonds is 3. The Labute approximate surface area is 122 Å². The van der Waals surface area contributed by atoms with Gasteiger partial charge in [-0.05, 0) is 43.7 Å². The first kappa shape index (κ1) is 15.0. The van der Waals surface area contributed by atoms with Crippen molar-refractivity contribution >= 4 is 11.6 Å². The van der Waals surface area contributed by atoms with Gasteiger partial charge in [0.2, 0.25) is 0 Å². The number of carbonyl (C=O) groups is 1. The first-order valence-corrected chi connectivity index (χ1v) is 6.94. The highest BCUT2D eigenvalue weighted by molar-refractivity contribution is 5.95. The molecule has 1 aromatic rings. The Morgan fingerprint density at radius 3 is 2.43 bits per heavy atom. The molecule has 0 radical (unpaired) electrons. The third-order valence-electron chi connectivity index (χ3n) is 4.03. The molecule has 1 aliphatic carbocycles. The van der Waals surface area contributed by atoms with Crippen molar-refractivity contribution in [3.8, 4) is 6.07 Å². The molecule has 0 spiro atoms. The second-order valence-corrected chi connectivity index (χ2v) is 5.63. The molecule has 1 amide bonds. The van der Waals surface area contributed by atoms with Crippen molar-refractivity contribution in [1.29, 1.82) is 5.26 Å². The zero-order chi connectivity index (χ0) is 15.5. The minimum Gasteiger partial charge on any atom is -0.334 e. The molecule has 0 bridgehead atoms. The number of hydrogen-bond donors (Lipinski definition) is 1. The second-order valence-electron chi connectivity index (χ2n) is 5.63. The molecule has 1 aromatic carbocycles. The molecular weight excluding hydrogens is 270 g/mol. The van der Waals surface area contributed by atoms with E-state index in [2.05, 4.69) is 18.3 Å². The van der Waals surface area contributed by atoms with Gasteiger partial charge in [-0.1, -0.05) is 6.92 Å². The molecule has 6 nitrogen and oxygen atoms in total. The maximum Gasteiger partial charge on any atom is 0.269 e. The third-order valence-corrected chi connectivity index (χ3v) is 4.03. The van der Waals surface area contributed by atoms with Crippen molar-refractivity contribution in [2.45, 2.75) is 38.1 Å². The Morgan fingerprint density at radius 2 is 1.95 bits per heavy atom. The Bertz CT molecular complexity index is 581. The average molecular weight is 287 g/mol. The number of carbonyl (C=O) groups excluding carboxylic acids is 1. The number of nitriles is 1. The lowest BCUT2D eigenvalue weighted by Crippen LogP contribution is -2.49. The molecule has 2 rings (SSSR count). The smallest absolute Gasteiger partial charge is 0.269 e. The zero-order valence-electron chi connectivity index (χ0n) is 11.8. The number of nitro groups is 1. The van der Waals surface area contributed by atoms with Crippen molar-refractivity contribution in [2.24, 2.45) is 5.92 Å². The van der Waals surface area contributed by atoms with Crippen LogP contribution in [0.15, 0.2) is 24.3 Å². The van der Waals surface area contributed by atoms with Gasteiger partial charge in [0.1, 0.15) is 5.54 Å². The summed E-state index contributed by atoms with van der Waals surface area (Å²) >= 11 is 0. The van der Waals surface area contributed by atoms with Gasteiger partial charge >= 0.3 is 0 Å². The second kappa shape index (κ2) is 5.92. The number of nitro benzene ring substituents is 1. The fourth-order valence-electron chi connectivity index (χ4n) is 2.54. The van der Waals surface area contributed by atoms with E-state index in [1.54, 1.807) is 0 Å². The van der Waals surface area contributed by atoms with Crippen LogP contribution in [0.3, 0.4) is 0 Å². The van der Waals surface area contributed by atoms with E-state index in [4.69, 9.17) is 0 Å². The highest BCUT2D eigenvalue weighted by Crippen LogP contribution is 2.31. The standard InChI is InChI=1S/C15H17N3O3/c1-11-6-8-15(10-16,9-7-11)17-14(19)12-2-4-13(5-3-12)18(20)21/h2-5,11H,6-9H2,1H3,(H,17,19). The summed E-state index contributed by atoms with van der Waals surface area (Å²) in [5.41, 5.74) is -0.548. The lowest BCUT2D eigenvalue weighted by molar-refractivity contribution is -0.384. The lowest BCUT2D eigenvalue weighted by Gasteiger charge is -2.34. The third kappa shape index (κ3) is 3.37. The maximum atomic E-state index is 12.2. The van der Waals surface area contributed by atoms with E-state index in [0.29, 0.717) is 24.3 Å². The van der Waals surface area contributed by atoms with Crippen LogP contribution in [0.4, 0.5) is 5.69 Å². The quantitative estimate of drug-likeness (QED) is 0.683. The Hall–Kier alpha value is -2.42. The van der Waals surface area contributed by atoms with Crippen LogP contribution < -0.4 is 5.32 Å². The van der Waals surface area contributed by atoms with Gasteiger partial charge in [0.15, 0.2) is 0 Å². The highest BCUT2D eigenvalue weighted by atomic mass is 16.6. The van der Waals surface area contributed by atoms with Gasteiger partial charge in [-0.2, -0.15) is 5.26 Å². The predicted octanol–water partition coefficient (Wildman–Crippen LogP) is 2.80. The molecule has 1 aliphatic rings. The van der Waals surface area contributed by atoms with Crippen molar-refractivity contribution in [1.82, 2.24) is 5.32 Å². The van der Waals surface area contributed by atoms with Gasteiger partial charge in [-0.25, -0.2) is 0 Å². The summed E-state index contributed by atoms with van der Waals surface area (Å²) in [7, 11) is 0. The van der Waals surface area contributed by atoms with Crippen molar-refractivity contribution in [3.05, 3.63) is 39.9 Å². The van der Waals surface area contributed by atoms with Gasteiger partial charge in [-0.3, -0.25) is 14.9 Å². The Kier molecular flexibility index (Phi) is 4.22. The molecule has 0 saturated heterocycles. The molecule has 0 unspecified atom stereocenters. The molecule has 110 valence electrons. The fraction of sp³-hybridized carbons (Fsp3) is 0.467. The molecule has 0 aromatic heterocycles. The van der Waals surface area contributed by atoms with Gasteiger partial charge in [0, 0.05) is 17.7 Å². The molecule has 1 fully saturated rings. The highest BCUT2D eigenvalue weighted by Gasteiger charge is 2.35. The van der Waals surface area contributed by atoms with Crippen molar-refractivity contribution in [2.75, 3.05) is 0 Å². The molecule has 1 saturated carbocycles. The summed E-state index contributed by atoms with van der Waals surface area (Å²) in [4.78, 5) is 22.3. The minimum absolute atomic E-state index is 0.0620. The van der Waals surface area contributed by atoms with Crippen molar-refractivity contribution in [3.63, 3.8) is 0 Å². The summed E-state index contributed by atoms with van der Waals surface area (Å²) in [5, 5.41) is 22.8. The summed E-state index contributed by atoms with van der Waals surface area (Å²) in [6.07, 6.45) is 3.11.